The first-order valence-electron chi connectivity index (χ1n) is 8.05. The smallest absolute Gasteiger partial charge is 0.361 e. The molecule has 0 aliphatic rings. The molecule has 2 aromatic rings. The van der Waals surface area contributed by atoms with Crippen LogP contribution in [-0.2, 0) is 4.74 Å². The molecule has 0 fully saturated rings. The molecular formula is C17H19BrN4O3. The van der Waals surface area contributed by atoms with Crippen molar-refractivity contribution >= 4 is 21.9 Å². The van der Waals surface area contributed by atoms with Crippen LogP contribution in [0.25, 0.3) is 11.3 Å². The van der Waals surface area contributed by atoms with Gasteiger partial charge < -0.3 is 9.47 Å². The first-order chi connectivity index (χ1) is 12.2. The number of aromatic amines is 1. The molecule has 0 spiro atoms. The fourth-order valence-electron chi connectivity index (χ4n) is 2.24. The highest BCUT2D eigenvalue weighted by molar-refractivity contribution is 9.10. The lowest BCUT2D eigenvalue weighted by Crippen LogP contribution is -2.07. The van der Waals surface area contributed by atoms with Crippen molar-refractivity contribution in [3.05, 3.63) is 28.4 Å². The molecular weight excluding hydrogens is 388 g/mol. The van der Waals surface area contributed by atoms with Gasteiger partial charge in [-0.3, -0.25) is 0 Å². The Bertz CT molecular complexity index is 755. The Kier molecular flexibility index (Phi) is 7.41. The summed E-state index contributed by atoms with van der Waals surface area (Å²) < 4.78 is 11.7. The van der Waals surface area contributed by atoms with Crippen molar-refractivity contribution in [2.24, 2.45) is 0 Å². The zero-order chi connectivity index (χ0) is 18.1. The summed E-state index contributed by atoms with van der Waals surface area (Å²) in [7, 11) is 0. The molecule has 0 bridgehead atoms. The Morgan fingerprint density at radius 3 is 2.92 bits per heavy atom. The van der Waals surface area contributed by atoms with Gasteiger partial charge in [0.2, 0.25) is 0 Å². The van der Waals surface area contributed by atoms with Gasteiger partial charge in [-0.05, 0) is 44.4 Å². The van der Waals surface area contributed by atoms with Crippen molar-refractivity contribution in [3.8, 4) is 23.1 Å². The van der Waals surface area contributed by atoms with Gasteiger partial charge in [0.1, 0.15) is 11.4 Å². The van der Waals surface area contributed by atoms with E-state index in [2.05, 4.69) is 37.4 Å². The number of hydrogen-bond donors (Lipinski definition) is 1. The number of nitrogens with one attached hydrogen (secondary N) is 1. The largest absolute Gasteiger partial charge is 0.493 e. The maximum absolute atomic E-state index is 12.0. The Morgan fingerprint density at radius 2 is 2.16 bits per heavy atom. The number of ether oxygens (including phenoxy) is 2. The van der Waals surface area contributed by atoms with E-state index >= 15 is 0 Å². The third-order valence-electron chi connectivity index (χ3n) is 3.40. The summed E-state index contributed by atoms with van der Waals surface area (Å²) in [4.78, 5) is 12.0. The van der Waals surface area contributed by atoms with Gasteiger partial charge in [0.25, 0.3) is 0 Å². The molecule has 0 atom stereocenters. The SMILES string of the molecule is CCOC(=O)c1n[nH]nc1-c1cc(Br)ccc1OCCCCCC#N. The van der Waals surface area contributed by atoms with Gasteiger partial charge in [-0.15, -0.1) is 5.10 Å². The van der Waals surface area contributed by atoms with Gasteiger partial charge >= 0.3 is 5.97 Å². The maximum Gasteiger partial charge on any atom is 0.361 e. The van der Waals surface area contributed by atoms with Gasteiger partial charge in [0.15, 0.2) is 5.69 Å². The standard InChI is InChI=1S/C17H19BrN4O3/c1-2-24-17(23)16-15(20-22-21-16)13-11-12(18)7-8-14(13)25-10-6-4-3-5-9-19/h7-8,11H,2-6,10H2,1H3,(H,20,21,22). The van der Waals surface area contributed by atoms with Crippen molar-refractivity contribution in [3.63, 3.8) is 0 Å². The third-order valence-corrected chi connectivity index (χ3v) is 3.90. The van der Waals surface area contributed by atoms with E-state index in [-0.39, 0.29) is 12.3 Å². The van der Waals surface area contributed by atoms with E-state index in [0.29, 0.717) is 30.0 Å². The van der Waals surface area contributed by atoms with Crippen LogP contribution in [0.1, 0.15) is 43.1 Å². The Hall–Kier alpha value is -2.40. The number of esters is 1. The number of nitrogens with zero attached hydrogens (tertiary/aromatic N) is 3. The van der Waals surface area contributed by atoms with Crippen LogP contribution >= 0.6 is 15.9 Å². The molecule has 0 saturated heterocycles. The summed E-state index contributed by atoms with van der Waals surface area (Å²) in [6, 6.07) is 7.63. The minimum Gasteiger partial charge on any atom is -0.493 e. The van der Waals surface area contributed by atoms with Crippen molar-refractivity contribution in [1.29, 1.82) is 5.26 Å². The molecule has 0 aliphatic heterocycles. The Labute approximate surface area is 154 Å². The molecule has 1 aromatic carbocycles. The molecule has 0 saturated carbocycles. The highest BCUT2D eigenvalue weighted by atomic mass is 79.9. The summed E-state index contributed by atoms with van der Waals surface area (Å²) in [5, 5.41) is 19.0. The molecule has 0 unspecified atom stereocenters. The minimum absolute atomic E-state index is 0.124. The quantitative estimate of drug-likeness (QED) is 0.500. The van der Waals surface area contributed by atoms with Crippen LogP contribution in [0.2, 0.25) is 0 Å². The molecule has 0 aliphatic carbocycles. The molecule has 1 N–H and O–H groups in total. The monoisotopic (exact) mass is 406 g/mol. The average Bonchev–Trinajstić information content (AvgIpc) is 3.09. The summed E-state index contributed by atoms with van der Waals surface area (Å²) in [6.07, 6.45) is 3.20. The van der Waals surface area contributed by atoms with Crippen LogP contribution in [0.15, 0.2) is 22.7 Å². The zero-order valence-electron chi connectivity index (χ0n) is 13.9. The van der Waals surface area contributed by atoms with Crippen molar-refractivity contribution in [2.75, 3.05) is 13.2 Å². The van der Waals surface area contributed by atoms with Gasteiger partial charge in [-0.25, -0.2) is 4.79 Å². The normalized spacial score (nSPS) is 10.3. The second-order valence-electron chi connectivity index (χ2n) is 5.20. The maximum atomic E-state index is 12.0. The van der Waals surface area contributed by atoms with E-state index in [1.807, 2.05) is 18.2 Å². The van der Waals surface area contributed by atoms with E-state index in [0.717, 1.165) is 23.7 Å². The highest BCUT2D eigenvalue weighted by Crippen LogP contribution is 2.33. The van der Waals surface area contributed by atoms with Crippen LogP contribution in [0.4, 0.5) is 0 Å². The minimum atomic E-state index is -0.534. The topological polar surface area (TPSA) is 101 Å². The lowest BCUT2D eigenvalue weighted by molar-refractivity contribution is 0.0520. The number of carbonyl (C=O) groups excluding carboxylic acids is 1. The predicted molar refractivity (Wildman–Crippen MR) is 95.1 cm³/mol. The fraction of sp³-hybridized carbons (Fsp3) is 0.412. The average molecular weight is 407 g/mol. The lowest BCUT2D eigenvalue weighted by Gasteiger charge is -2.11. The van der Waals surface area contributed by atoms with E-state index in [4.69, 9.17) is 14.7 Å². The van der Waals surface area contributed by atoms with Crippen LogP contribution in [0.5, 0.6) is 5.75 Å². The first-order valence-corrected chi connectivity index (χ1v) is 8.84. The summed E-state index contributed by atoms with van der Waals surface area (Å²) >= 11 is 3.42. The van der Waals surface area contributed by atoms with Crippen LogP contribution < -0.4 is 4.74 Å². The predicted octanol–water partition coefficient (Wildman–Crippen LogP) is 3.87. The van der Waals surface area contributed by atoms with Crippen molar-refractivity contribution < 1.29 is 14.3 Å². The zero-order valence-corrected chi connectivity index (χ0v) is 15.5. The van der Waals surface area contributed by atoms with Crippen LogP contribution in [0.3, 0.4) is 0 Å². The van der Waals surface area contributed by atoms with Crippen molar-refractivity contribution in [2.45, 2.75) is 32.6 Å². The second kappa shape index (κ2) is 9.79. The van der Waals surface area contributed by atoms with E-state index < -0.39 is 5.97 Å². The number of halogens is 1. The van der Waals surface area contributed by atoms with Gasteiger partial charge in [-0.2, -0.15) is 15.6 Å². The van der Waals surface area contributed by atoms with Crippen LogP contribution in [-0.4, -0.2) is 34.6 Å². The van der Waals surface area contributed by atoms with Crippen molar-refractivity contribution in [1.82, 2.24) is 15.4 Å². The molecule has 2 rings (SSSR count). The molecule has 7 nitrogen and oxygen atoms in total. The fourth-order valence-corrected chi connectivity index (χ4v) is 2.60. The molecule has 25 heavy (non-hydrogen) atoms. The number of nitriles is 1. The summed E-state index contributed by atoms with van der Waals surface area (Å²) in [5.41, 5.74) is 1.17. The number of unbranched alkanes of at least 4 members (excludes halogenated alkanes) is 3. The third kappa shape index (κ3) is 5.29. The first kappa shape index (κ1) is 18.9. The number of rotatable bonds is 9. The van der Waals surface area contributed by atoms with E-state index in [9.17, 15) is 4.79 Å². The highest BCUT2D eigenvalue weighted by Gasteiger charge is 2.22. The Balaban J connectivity index is 2.15. The lowest BCUT2D eigenvalue weighted by atomic mass is 10.1. The molecule has 132 valence electrons. The molecule has 1 aromatic heterocycles. The number of hydrogen-bond acceptors (Lipinski definition) is 6. The molecule has 0 radical (unpaired) electrons. The van der Waals surface area contributed by atoms with Crippen LogP contribution in [0, 0.1) is 11.3 Å². The number of benzene rings is 1. The van der Waals surface area contributed by atoms with Gasteiger partial charge in [0, 0.05) is 16.5 Å². The number of H-pyrrole nitrogens is 1. The van der Waals surface area contributed by atoms with Gasteiger partial charge in [-0.1, -0.05) is 15.9 Å². The van der Waals surface area contributed by atoms with E-state index in [1.54, 1.807) is 6.92 Å². The van der Waals surface area contributed by atoms with Gasteiger partial charge in [0.05, 0.1) is 19.3 Å². The molecule has 8 heteroatoms. The summed E-state index contributed by atoms with van der Waals surface area (Å²) in [5.74, 6) is 0.0802. The van der Waals surface area contributed by atoms with E-state index in [1.165, 1.54) is 0 Å². The second-order valence-corrected chi connectivity index (χ2v) is 6.11. The molecule has 1 heterocycles. The molecule has 0 amide bonds. The Morgan fingerprint density at radius 1 is 1.32 bits per heavy atom. The number of aromatic nitrogens is 3. The summed E-state index contributed by atoms with van der Waals surface area (Å²) in [6.45, 7) is 2.51. The number of carbonyl (C=O) groups is 1.